The normalized spacial score (nSPS) is 15.0. The molecular formula is C26H33NO9. The minimum atomic E-state index is -3.01. The Morgan fingerprint density at radius 1 is 0.972 bits per heavy atom. The smallest absolute Gasteiger partial charge is 0.338 e. The van der Waals surface area contributed by atoms with Crippen molar-refractivity contribution in [1.82, 2.24) is 4.90 Å². The molecule has 0 heterocycles. The number of benzene rings is 2. The van der Waals surface area contributed by atoms with Crippen LogP contribution in [0.2, 0.25) is 0 Å². The number of nitrogens with zero attached hydrogens (tertiary/aromatic N) is 1. The third-order valence-corrected chi connectivity index (χ3v) is 4.90. The molecule has 0 aliphatic carbocycles. The largest absolute Gasteiger partial charge is 0.493 e. The molecule has 0 unspecified atom stereocenters. The lowest BCUT2D eigenvalue weighted by atomic mass is 9.87. The molecule has 2 aromatic rings. The summed E-state index contributed by atoms with van der Waals surface area (Å²) in [4.78, 5) is 33.5. The van der Waals surface area contributed by atoms with E-state index in [-0.39, 0.29) is 17.1 Å². The Balaban J connectivity index is 0.000000915. The molecule has 0 fully saturated rings. The molecule has 1 atom stereocenters. The summed E-state index contributed by atoms with van der Waals surface area (Å²) in [6, 6.07) is 11.1. The number of aliphatic carboxylic acids is 2. The van der Waals surface area contributed by atoms with Gasteiger partial charge in [-0.25, -0.2) is 14.4 Å². The first-order valence-electron chi connectivity index (χ1n) is 12.8. The third-order valence-electron chi connectivity index (χ3n) is 4.90. The fourth-order valence-corrected chi connectivity index (χ4v) is 3.00. The fraction of sp³-hybridized carbons (Fsp3) is 0.346. The lowest BCUT2D eigenvalue weighted by Gasteiger charge is -2.39. The molecule has 0 saturated heterocycles. The van der Waals surface area contributed by atoms with Crippen LogP contribution in [0.3, 0.4) is 0 Å². The zero-order valence-electron chi connectivity index (χ0n) is 25.6. The highest BCUT2D eigenvalue weighted by Gasteiger charge is 2.34. The number of carboxylic acid groups (broad SMARTS) is 2. The Kier molecular flexibility index (Phi) is 8.95. The van der Waals surface area contributed by atoms with Crippen LogP contribution in [0.1, 0.15) is 36.0 Å². The number of hydrogen-bond donors (Lipinski definition) is 2. The second kappa shape index (κ2) is 14.4. The predicted molar refractivity (Wildman–Crippen MR) is 133 cm³/mol. The first kappa shape index (κ1) is 22.4. The molecule has 2 aromatic carbocycles. The van der Waals surface area contributed by atoms with Crippen LogP contribution < -0.4 is 14.2 Å². The predicted octanol–water partition coefficient (Wildman–Crippen LogP) is 3.45. The summed E-state index contributed by atoms with van der Waals surface area (Å²) in [7, 11) is 7.34. The summed E-state index contributed by atoms with van der Waals surface area (Å²) >= 11 is 0. The van der Waals surface area contributed by atoms with Crippen LogP contribution in [0.25, 0.3) is 0 Å². The van der Waals surface area contributed by atoms with Gasteiger partial charge in [-0.2, -0.15) is 0 Å². The molecule has 0 radical (unpaired) electrons. The first-order valence-corrected chi connectivity index (χ1v) is 10.3. The maximum absolute atomic E-state index is 13.0. The van der Waals surface area contributed by atoms with Crippen molar-refractivity contribution in [2.45, 2.75) is 18.8 Å². The van der Waals surface area contributed by atoms with E-state index in [4.69, 9.17) is 36.0 Å². The van der Waals surface area contributed by atoms with Crippen molar-refractivity contribution < 1.29 is 50.4 Å². The van der Waals surface area contributed by atoms with Crippen LogP contribution >= 0.6 is 0 Å². The zero-order chi connectivity index (χ0) is 31.6. The molecule has 2 rings (SSSR count). The Morgan fingerprint density at radius 3 is 1.89 bits per heavy atom. The van der Waals surface area contributed by atoms with Crippen molar-refractivity contribution in [2.24, 2.45) is 0 Å². The standard InChI is InChI=1S/C22H29NO5.C4H4O4/c1-7-22(23(2)3,17-11-9-8-10-12-17)15-28-21(24)16-13-18(25-4)20(27-6)19(14-16)26-5;5-3(6)1-2-4(7)8/h8-14H,7,15H2,1-6H3;1-2H,(H,5,6)(H,7,8)/b;2-1+/t22-;/m0./s1/i1D3,7D2;. The second-order valence-electron chi connectivity index (χ2n) is 7.25. The van der Waals surface area contributed by atoms with Gasteiger partial charge < -0.3 is 29.2 Å². The van der Waals surface area contributed by atoms with Gasteiger partial charge in [-0.05, 0) is 38.2 Å². The molecule has 0 saturated carbocycles. The van der Waals surface area contributed by atoms with Gasteiger partial charge in [0.15, 0.2) is 11.5 Å². The summed E-state index contributed by atoms with van der Waals surface area (Å²) in [6.07, 6.45) is -1.66. The molecule has 0 amide bonds. The lowest BCUT2D eigenvalue weighted by Crippen LogP contribution is -2.45. The topological polar surface area (TPSA) is 132 Å². The van der Waals surface area contributed by atoms with E-state index >= 15 is 0 Å². The van der Waals surface area contributed by atoms with Gasteiger partial charge in [0, 0.05) is 19.0 Å². The van der Waals surface area contributed by atoms with Crippen molar-refractivity contribution in [3.8, 4) is 17.2 Å². The molecule has 0 spiro atoms. The highest BCUT2D eigenvalue weighted by atomic mass is 16.5. The Bertz CT molecular complexity index is 1190. The van der Waals surface area contributed by atoms with E-state index in [0.29, 0.717) is 23.5 Å². The Labute approximate surface area is 217 Å². The van der Waals surface area contributed by atoms with Crippen molar-refractivity contribution in [1.29, 1.82) is 0 Å². The van der Waals surface area contributed by atoms with E-state index in [1.54, 1.807) is 44.4 Å². The SMILES string of the molecule is O=C(O)/C=C/C(=O)O.[2H]C([2H])([2H])C([2H])([2H])[C@](COC(=O)c1cc(OC)c(OC)c(OC)c1)(c1ccccc1)N(C)C. The average molecular weight is 509 g/mol. The Hall–Kier alpha value is -4.05. The van der Waals surface area contributed by atoms with Crippen LogP contribution in [-0.2, 0) is 19.9 Å². The number of likely N-dealkylation sites (N-methyl/N-ethyl adjacent to an activating group) is 1. The number of esters is 1. The molecule has 196 valence electrons. The van der Waals surface area contributed by atoms with Gasteiger partial charge in [0.2, 0.25) is 5.75 Å². The van der Waals surface area contributed by atoms with Crippen LogP contribution in [0.15, 0.2) is 54.6 Å². The number of rotatable bonds is 11. The van der Waals surface area contributed by atoms with E-state index < -0.39 is 43.3 Å². The minimum absolute atomic E-state index is 0.0691. The van der Waals surface area contributed by atoms with Gasteiger partial charge in [0.1, 0.15) is 6.61 Å². The number of methoxy groups -OCH3 is 3. The molecule has 0 aromatic heterocycles. The van der Waals surface area contributed by atoms with Crippen molar-refractivity contribution in [2.75, 3.05) is 42.0 Å². The maximum Gasteiger partial charge on any atom is 0.338 e. The van der Waals surface area contributed by atoms with Gasteiger partial charge in [-0.1, -0.05) is 37.2 Å². The third kappa shape index (κ3) is 8.02. The molecule has 10 heteroatoms. The maximum atomic E-state index is 13.0. The number of carbonyl (C=O) groups is 3. The van der Waals surface area contributed by atoms with E-state index in [0.717, 1.165) is 0 Å². The first-order chi connectivity index (χ1) is 19.0. The summed E-state index contributed by atoms with van der Waals surface area (Å²) in [6.45, 7) is -3.57. The molecule has 2 N–H and O–H groups in total. The quantitative estimate of drug-likeness (QED) is 0.344. The van der Waals surface area contributed by atoms with E-state index in [2.05, 4.69) is 0 Å². The molecule has 0 aliphatic heterocycles. The summed E-state index contributed by atoms with van der Waals surface area (Å²) in [5, 5.41) is 15.6. The number of carbonyl (C=O) groups excluding carboxylic acids is 1. The van der Waals surface area contributed by atoms with E-state index in [1.165, 1.54) is 38.4 Å². The number of hydrogen-bond acceptors (Lipinski definition) is 8. The summed E-state index contributed by atoms with van der Waals surface area (Å²) in [5.74, 6) is -2.55. The monoisotopic (exact) mass is 508 g/mol. The summed E-state index contributed by atoms with van der Waals surface area (Å²) in [5.41, 5.74) is -1.39. The molecule has 0 bridgehead atoms. The minimum Gasteiger partial charge on any atom is -0.493 e. The molecule has 36 heavy (non-hydrogen) atoms. The van der Waals surface area contributed by atoms with Crippen molar-refractivity contribution in [3.05, 3.63) is 65.7 Å². The van der Waals surface area contributed by atoms with Gasteiger partial charge in [0.05, 0.1) is 32.4 Å². The second-order valence-corrected chi connectivity index (χ2v) is 7.25. The highest BCUT2D eigenvalue weighted by molar-refractivity contribution is 5.91. The van der Waals surface area contributed by atoms with Crippen LogP contribution in [0.4, 0.5) is 0 Å². The van der Waals surface area contributed by atoms with Crippen molar-refractivity contribution >= 4 is 17.9 Å². The average Bonchev–Trinajstić information content (AvgIpc) is 2.91. The van der Waals surface area contributed by atoms with Crippen LogP contribution in [0, 0.1) is 0 Å². The summed E-state index contributed by atoms with van der Waals surface area (Å²) < 4.78 is 62.2. The van der Waals surface area contributed by atoms with Gasteiger partial charge in [-0.3, -0.25) is 4.90 Å². The van der Waals surface area contributed by atoms with Crippen LogP contribution in [-0.4, -0.2) is 75.1 Å². The number of carboxylic acids is 2. The molecule has 10 nitrogen and oxygen atoms in total. The molecule has 0 aliphatic rings. The molecular weight excluding hydrogens is 470 g/mol. The highest BCUT2D eigenvalue weighted by Crippen LogP contribution is 2.38. The van der Waals surface area contributed by atoms with E-state index in [9.17, 15) is 14.4 Å². The number of ether oxygens (including phenoxy) is 4. The van der Waals surface area contributed by atoms with E-state index in [1.807, 2.05) is 0 Å². The van der Waals surface area contributed by atoms with Crippen molar-refractivity contribution in [3.63, 3.8) is 0 Å². The van der Waals surface area contributed by atoms with Gasteiger partial charge in [-0.15, -0.1) is 0 Å². The van der Waals surface area contributed by atoms with Crippen LogP contribution in [0.5, 0.6) is 17.2 Å². The van der Waals surface area contributed by atoms with Gasteiger partial charge >= 0.3 is 17.9 Å². The lowest BCUT2D eigenvalue weighted by molar-refractivity contribution is -0.134. The fourth-order valence-electron chi connectivity index (χ4n) is 3.00. The Morgan fingerprint density at radius 2 is 1.50 bits per heavy atom. The zero-order valence-corrected chi connectivity index (χ0v) is 20.6. The van der Waals surface area contributed by atoms with Gasteiger partial charge in [0.25, 0.3) is 0 Å².